The molecule has 0 saturated heterocycles. The number of hydrogen-bond acceptors (Lipinski definition) is 3. The summed E-state index contributed by atoms with van der Waals surface area (Å²) in [7, 11) is -3.44. The molecule has 0 unspecified atom stereocenters. The number of carbonyl (C=O) groups excluding carboxylic acids is 1. The van der Waals surface area contributed by atoms with E-state index in [1.165, 1.54) is 18.2 Å². The van der Waals surface area contributed by atoms with Crippen molar-refractivity contribution >= 4 is 21.4 Å². The van der Waals surface area contributed by atoms with E-state index in [9.17, 15) is 17.6 Å². The number of benzene rings is 2. The molecule has 0 fully saturated rings. The minimum absolute atomic E-state index is 0.0510. The molecule has 0 aliphatic carbocycles. The summed E-state index contributed by atoms with van der Waals surface area (Å²) in [6, 6.07) is 9.67. The topological polar surface area (TPSA) is 63.2 Å². The lowest BCUT2D eigenvalue weighted by atomic mass is 10.0. The largest absolute Gasteiger partial charge is 0.324 e. The fourth-order valence-corrected chi connectivity index (χ4v) is 4.29. The highest BCUT2D eigenvalue weighted by Gasteiger charge is 2.18. The average Bonchev–Trinajstić information content (AvgIpc) is 2.51. The van der Waals surface area contributed by atoms with E-state index in [1.807, 2.05) is 32.9 Å². The quantitative estimate of drug-likeness (QED) is 0.851. The molecule has 6 heteroatoms. The molecule has 134 valence electrons. The minimum atomic E-state index is -3.44. The van der Waals surface area contributed by atoms with Gasteiger partial charge >= 0.3 is 0 Å². The third kappa shape index (κ3) is 5.39. The third-order valence-corrected chi connectivity index (χ3v) is 5.55. The zero-order valence-electron chi connectivity index (χ0n) is 14.6. The van der Waals surface area contributed by atoms with E-state index in [0.717, 1.165) is 22.3 Å². The van der Waals surface area contributed by atoms with Crippen LogP contribution in [0.25, 0.3) is 0 Å². The molecule has 1 amide bonds. The number of amides is 1. The number of para-hydroxylation sites is 1. The van der Waals surface area contributed by atoms with Gasteiger partial charge in [0.25, 0.3) is 0 Å². The highest BCUT2D eigenvalue weighted by Crippen LogP contribution is 2.20. The molecule has 4 nitrogen and oxygen atoms in total. The average molecular weight is 363 g/mol. The Morgan fingerprint density at radius 3 is 2.28 bits per heavy atom. The summed E-state index contributed by atoms with van der Waals surface area (Å²) in [5, 5.41) is 2.40. The van der Waals surface area contributed by atoms with E-state index in [4.69, 9.17) is 0 Å². The smallest absolute Gasteiger partial charge is 0.225 e. The second kappa shape index (κ2) is 7.78. The van der Waals surface area contributed by atoms with Crippen molar-refractivity contribution in [2.24, 2.45) is 0 Å². The van der Waals surface area contributed by atoms with E-state index in [1.54, 1.807) is 6.07 Å². The third-order valence-electron chi connectivity index (χ3n) is 3.99. The van der Waals surface area contributed by atoms with Crippen molar-refractivity contribution in [3.63, 3.8) is 0 Å². The number of rotatable bonds is 6. The van der Waals surface area contributed by atoms with Crippen LogP contribution >= 0.6 is 0 Å². The van der Waals surface area contributed by atoms with Crippen molar-refractivity contribution in [1.82, 2.24) is 0 Å². The second-order valence-electron chi connectivity index (χ2n) is 6.25. The summed E-state index contributed by atoms with van der Waals surface area (Å²) in [5.41, 5.74) is 3.77. The Morgan fingerprint density at radius 2 is 1.68 bits per heavy atom. The van der Waals surface area contributed by atoms with Gasteiger partial charge in [-0.05, 0) is 49.6 Å². The monoisotopic (exact) mass is 363 g/mol. The van der Waals surface area contributed by atoms with Crippen LogP contribution in [0.15, 0.2) is 36.4 Å². The first kappa shape index (κ1) is 19.1. The highest BCUT2D eigenvalue weighted by atomic mass is 32.2. The fraction of sp³-hybridized carbons (Fsp3) is 0.316. The van der Waals surface area contributed by atoms with E-state index in [2.05, 4.69) is 5.32 Å². The zero-order valence-corrected chi connectivity index (χ0v) is 15.4. The molecule has 0 heterocycles. The van der Waals surface area contributed by atoms with Gasteiger partial charge in [0.15, 0.2) is 9.84 Å². The molecule has 0 aliphatic rings. The van der Waals surface area contributed by atoms with E-state index in [0.29, 0.717) is 0 Å². The molecule has 0 bridgehead atoms. The maximum absolute atomic E-state index is 13.5. The van der Waals surface area contributed by atoms with Crippen LogP contribution in [0.1, 0.15) is 28.7 Å². The van der Waals surface area contributed by atoms with E-state index in [-0.39, 0.29) is 23.6 Å². The second-order valence-corrected chi connectivity index (χ2v) is 8.43. The molecule has 0 spiro atoms. The van der Waals surface area contributed by atoms with Crippen molar-refractivity contribution in [3.05, 3.63) is 64.5 Å². The molecule has 0 aromatic heterocycles. The number of hydrogen-bond donors (Lipinski definition) is 1. The molecule has 2 aromatic carbocycles. The fourth-order valence-electron chi connectivity index (χ4n) is 2.75. The number of halogens is 1. The van der Waals surface area contributed by atoms with Crippen LogP contribution in [0.5, 0.6) is 0 Å². The van der Waals surface area contributed by atoms with Gasteiger partial charge in [0.2, 0.25) is 5.91 Å². The van der Waals surface area contributed by atoms with Crippen LogP contribution in [0.4, 0.5) is 10.1 Å². The minimum Gasteiger partial charge on any atom is -0.324 e. The Bertz CT molecular complexity index is 868. The molecule has 0 aliphatic heterocycles. The van der Waals surface area contributed by atoms with Crippen LogP contribution in [0.3, 0.4) is 0 Å². The van der Waals surface area contributed by atoms with Crippen molar-refractivity contribution < 1.29 is 17.6 Å². The normalized spacial score (nSPS) is 11.4. The van der Waals surface area contributed by atoms with E-state index < -0.39 is 21.6 Å². The van der Waals surface area contributed by atoms with Crippen molar-refractivity contribution in [3.8, 4) is 0 Å². The Labute approximate surface area is 148 Å². The van der Waals surface area contributed by atoms with Gasteiger partial charge in [-0.1, -0.05) is 29.8 Å². The molecule has 2 rings (SSSR count). The molecular formula is C19H22FNO3S. The van der Waals surface area contributed by atoms with Crippen molar-refractivity contribution in [2.45, 2.75) is 32.9 Å². The number of nitrogens with one attached hydrogen (secondary N) is 1. The Hall–Kier alpha value is -2.21. The van der Waals surface area contributed by atoms with Crippen LogP contribution < -0.4 is 5.32 Å². The number of carbonyl (C=O) groups is 1. The first-order valence-electron chi connectivity index (χ1n) is 7.99. The van der Waals surface area contributed by atoms with Gasteiger partial charge in [0.1, 0.15) is 5.82 Å². The van der Waals surface area contributed by atoms with Gasteiger partial charge < -0.3 is 5.32 Å². The summed E-state index contributed by atoms with van der Waals surface area (Å²) in [6.45, 7) is 5.73. The molecule has 1 N–H and O–H groups in total. The Kier molecular flexibility index (Phi) is 5.95. The Morgan fingerprint density at radius 1 is 1.08 bits per heavy atom. The molecule has 2 aromatic rings. The molecular weight excluding hydrogens is 341 g/mol. The van der Waals surface area contributed by atoms with Crippen LogP contribution in [0, 0.1) is 26.6 Å². The van der Waals surface area contributed by atoms with E-state index >= 15 is 0 Å². The Balaban J connectivity index is 2.00. The van der Waals surface area contributed by atoms with Crippen LogP contribution in [-0.4, -0.2) is 20.1 Å². The van der Waals surface area contributed by atoms with Gasteiger partial charge in [-0.3, -0.25) is 4.79 Å². The SMILES string of the molecule is Cc1cc(C)c(CS(=O)(=O)CCC(=O)Nc2ccccc2F)c(C)c1. The zero-order chi connectivity index (χ0) is 18.6. The summed E-state index contributed by atoms with van der Waals surface area (Å²) in [6.07, 6.45) is -0.208. The van der Waals surface area contributed by atoms with Crippen molar-refractivity contribution in [2.75, 3.05) is 11.1 Å². The maximum Gasteiger partial charge on any atom is 0.225 e. The van der Waals surface area contributed by atoms with Gasteiger partial charge in [0.05, 0.1) is 17.2 Å². The first-order chi connectivity index (χ1) is 11.7. The summed E-state index contributed by atoms with van der Waals surface area (Å²) >= 11 is 0. The first-order valence-corrected chi connectivity index (χ1v) is 9.81. The lowest BCUT2D eigenvalue weighted by Gasteiger charge is -2.12. The summed E-state index contributed by atoms with van der Waals surface area (Å²) in [5.74, 6) is -1.45. The van der Waals surface area contributed by atoms with Gasteiger partial charge in [-0.15, -0.1) is 0 Å². The van der Waals surface area contributed by atoms with Crippen molar-refractivity contribution in [1.29, 1.82) is 0 Å². The summed E-state index contributed by atoms with van der Waals surface area (Å²) in [4.78, 5) is 11.9. The highest BCUT2D eigenvalue weighted by molar-refractivity contribution is 7.90. The molecule has 0 radical (unpaired) electrons. The molecule has 0 saturated carbocycles. The predicted molar refractivity (Wildman–Crippen MR) is 97.8 cm³/mol. The van der Waals surface area contributed by atoms with Gasteiger partial charge in [0, 0.05) is 6.42 Å². The number of aryl methyl sites for hydroxylation is 3. The van der Waals surface area contributed by atoms with Gasteiger partial charge in [-0.2, -0.15) is 0 Å². The number of sulfone groups is 1. The van der Waals surface area contributed by atoms with Gasteiger partial charge in [-0.25, -0.2) is 12.8 Å². The lowest BCUT2D eigenvalue weighted by molar-refractivity contribution is -0.115. The standard InChI is InChI=1S/C19H22FNO3S/c1-13-10-14(2)16(15(3)11-13)12-25(23,24)9-8-19(22)21-18-7-5-4-6-17(18)20/h4-7,10-11H,8-9,12H2,1-3H3,(H,21,22). The molecule has 25 heavy (non-hydrogen) atoms. The predicted octanol–water partition coefficient (Wildman–Crippen LogP) is 3.69. The number of anilines is 1. The molecule has 0 atom stereocenters. The summed E-state index contributed by atoms with van der Waals surface area (Å²) < 4.78 is 38.2. The maximum atomic E-state index is 13.5. The van der Waals surface area contributed by atoms with Crippen LogP contribution in [0.2, 0.25) is 0 Å². The lowest BCUT2D eigenvalue weighted by Crippen LogP contribution is -2.19. The van der Waals surface area contributed by atoms with Crippen LogP contribution in [-0.2, 0) is 20.4 Å².